The second-order valence-electron chi connectivity index (χ2n) is 6.48. The first-order valence-corrected chi connectivity index (χ1v) is 6.53. The highest BCUT2D eigenvalue weighted by Crippen LogP contribution is 2.34. The zero-order valence-electron chi connectivity index (χ0n) is 12.5. The minimum Gasteiger partial charge on any atom is -0.238 e. The van der Waals surface area contributed by atoms with Gasteiger partial charge in [0.25, 0.3) is 0 Å². The normalized spacial score (nSPS) is 12.6. The van der Waals surface area contributed by atoms with E-state index < -0.39 is 0 Å². The Morgan fingerprint density at radius 3 is 1.41 bits per heavy atom. The molecule has 0 unspecified atom stereocenters. The van der Waals surface area contributed by atoms with Crippen molar-refractivity contribution in [3.63, 3.8) is 0 Å². The van der Waals surface area contributed by atoms with Crippen molar-refractivity contribution in [3.8, 4) is 0 Å². The van der Waals surface area contributed by atoms with Gasteiger partial charge in [0.2, 0.25) is 0 Å². The molecule has 1 aromatic rings. The van der Waals surface area contributed by atoms with Crippen LogP contribution in [0.4, 0.5) is 0 Å². The lowest BCUT2D eigenvalue weighted by Gasteiger charge is -2.28. The summed E-state index contributed by atoms with van der Waals surface area (Å²) in [4.78, 5) is 9.34. The molecule has 1 aromatic heterocycles. The van der Waals surface area contributed by atoms with E-state index in [1.165, 1.54) is 17.0 Å². The van der Waals surface area contributed by atoms with E-state index >= 15 is 0 Å². The molecule has 0 aliphatic heterocycles. The monoisotopic (exact) mass is 234 g/mol. The molecule has 17 heavy (non-hydrogen) atoms. The summed E-state index contributed by atoms with van der Waals surface area (Å²) in [5.74, 6) is 1.79. The van der Waals surface area contributed by atoms with Crippen molar-refractivity contribution in [1.82, 2.24) is 9.97 Å². The Bertz CT molecular complexity index is 369. The molecule has 2 nitrogen and oxygen atoms in total. The van der Waals surface area contributed by atoms with Crippen molar-refractivity contribution < 1.29 is 0 Å². The minimum atomic E-state index is 0.104. The summed E-state index contributed by atoms with van der Waals surface area (Å²) < 4.78 is 0. The number of rotatable bonds is 2. The molecular formula is C15H26N2. The zero-order chi connectivity index (χ0) is 13.4. The van der Waals surface area contributed by atoms with Crippen LogP contribution in [0, 0.1) is 6.92 Å². The highest BCUT2D eigenvalue weighted by Gasteiger charge is 2.26. The van der Waals surface area contributed by atoms with E-state index in [0.29, 0.717) is 11.8 Å². The first-order valence-electron chi connectivity index (χ1n) is 6.53. The number of hydrogen-bond acceptors (Lipinski definition) is 2. The summed E-state index contributed by atoms with van der Waals surface area (Å²) >= 11 is 0. The maximum Gasteiger partial charge on any atom is 0.125 e. The first kappa shape index (κ1) is 14.1. The van der Waals surface area contributed by atoms with E-state index in [4.69, 9.17) is 0 Å². The van der Waals surface area contributed by atoms with Crippen LogP contribution < -0.4 is 0 Å². The zero-order valence-corrected chi connectivity index (χ0v) is 12.5. The van der Waals surface area contributed by atoms with Gasteiger partial charge in [0.15, 0.2) is 0 Å². The lowest BCUT2D eigenvalue weighted by atomic mass is 9.80. The fourth-order valence-electron chi connectivity index (χ4n) is 2.22. The van der Waals surface area contributed by atoms with Crippen molar-refractivity contribution in [2.45, 2.75) is 72.6 Å². The molecular weight excluding hydrogens is 208 g/mol. The van der Waals surface area contributed by atoms with Crippen molar-refractivity contribution in [1.29, 1.82) is 0 Å². The molecule has 0 N–H and O–H groups in total. The fourth-order valence-corrected chi connectivity index (χ4v) is 2.22. The van der Waals surface area contributed by atoms with E-state index in [1.807, 2.05) is 6.92 Å². The van der Waals surface area contributed by atoms with E-state index in [1.54, 1.807) is 0 Å². The molecule has 0 aromatic carbocycles. The molecule has 0 saturated carbocycles. The second kappa shape index (κ2) is 4.75. The van der Waals surface area contributed by atoms with E-state index in [0.717, 1.165) is 5.82 Å². The van der Waals surface area contributed by atoms with Crippen LogP contribution >= 0.6 is 0 Å². The summed E-state index contributed by atoms with van der Waals surface area (Å²) in [6.07, 6.45) is 0. The summed E-state index contributed by atoms with van der Waals surface area (Å²) in [5.41, 5.74) is 3.88. The van der Waals surface area contributed by atoms with Crippen molar-refractivity contribution in [2.24, 2.45) is 0 Å². The number of hydrogen-bond donors (Lipinski definition) is 0. The molecule has 1 rings (SSSR count). The van der Waals surface area contributed by atoms with Gasteiger partial charge in [-0.2, -0.15) is 0 Å². The van der Waals surface area contributed by atoms with Gasteiger partial charge in [-0.3, -0.25) is 0 Å². The third kappa shape index (κ3) is 3.05. The predicted molar refractivity (Wildman–Crippen MR) is 73.6 cm³/mol. The smallest absolute Gasteiger partial charge is 0.125 e. The summed E-state index contributed by atoms with van der Waals surface area (Å²) in [6.45, 7) is 17.6. The fraction of sp³-hybridized carbons (Fsp3) is 0.733. The molecule has 0 amide bonds. The van der Waals surface area contributed by atoms with Gasteiger partial charge >= 0.3 is 0 Å². The molecule has 1 heterocycles. The van der Waals surface area contributed by atoms with Crippen LogP contribution in [0.1, 0.15) is 83.1 Å². The average molecular weight is 234 g/mol. The Hall–Kier alpha value is -0.920. The maximum atomic E-state index is 4.67. The first-order chi connectivity index (χ1) is 7.64. The van der Waals surface area contributed by atoms with Crippen LogP contribution in [0.5, 0.6) is 0 Å². The number of aryl methyl sites for hydroxylation is 1. The van der Waals surface area contributed by atoms with Crippen LogP contribution in [-0.4, -0.2) is 9.97 Å². The molecule has 0 saturated heterocycles. The van der Waals surface area contributed by atoms with Gasteiger partial charge in [-0.05, 0) is 24.2 Å². The number of aromatic nitrogens is 2. The molecule has 96 valence electrons. The Morgan fingerprint density at radius 1 is 0.824 bits per heavy atom. The van der Waals surface area contributed by atoms with Gasteiger partial charge in [0, 0.05) is 5.56 Å². The lowest BCUT2D eigenvalue weighted by molar-refractivity contribution is 0.546. The molecule has 2 heteroatoms. The van der Waals surface area contributed by atoms with E-state index in [2.05, 4.69) is 58.4 Å². The SMILES string of the molecule is Cc1nc(C(C)C)c(C(C)(C)C)c(C(C)C)n1. The van der Waals surface area contributed by atoms with Crippen molar-refractivity contribution in [3.05, 3.63) is 22.8 Å². The van der Waals surface area contributed by atoms with Crippen molar-refractivity contribution >= 4 is 0 Å². The van der Waals surface area contributed by atoms with Crippen molar-refractivity contribution in [2.75, 3.05) is 0 Å². The largest absolute Gasteiger partial charge is 0.238 e. The average Bonchev–Trinajstić information content (AvgIpc) is 2.14. The van der Waals surface area contributed by atoms with Gasteiger partial charge in [-0.15, -0.1) is 0 Å². The summed E-state index contributed by atoms with van der Waals surface area (Å²) in [6, 6.07) is 0. The van der Waals surface area contributed by atoms with Crippen LogP contribution in [-0.2, 0) is 5.41 Å². The van der Waals surface area contributed by atoms with Gasteiger partial charge in [0.05, 0.1) is 11.4 Å². The minimum absolute atomic E-state index is 0.104. The van der Waals surface area contributed by atoms with Crippen LogP contribution in [0.2, 0.25) is 0 Å². The van der Waals surface area contributed by atoms with Crippen LogP contribution in [0.15, 0.2) is 0 Å². The Balaban J connectivity index is 3.60. The molecule has 0 atom stereocenters. The van der Waals surface area contributed by atoms with E-state index in [9.17, 15) is 0 Å². The molecule has 0 fully saturated rings. The Labute approximate surface area is 106 Å². The predicted octanol–water partition coefficient (Wildman–Crippen LogP) is 4.33. The highest BCUT2D eigenvalue weighted by molar-refractivity contribution is 5.36. The van der Waals surface area contributed by atoms with Gasteiger partial charge in [-0.25, -0.2) is 9.97 Å². The third-order valence-corrected chi connectivity index (χ3v) is 2.92. The number of nitrogens with zero attached hydrogens (tertiary/aromatic N) is 2. The molecule has 0 aliphatic rings. The maximum absolute atomic E-state index is 4.67. The molecule has 0 bridgehead atoms. The van der Waals surface area contributed by atoms with Crippen LogP contribution in [0.25, 0.3) is 0 Å². The molecule has 0 radical (unpaired) electrons. The van der Waals surface area contributed by atoms with Crippen LogP contribution in [0.3, 0.4) is 0 Å². The van der Waals surface area contributed by atoms with Gasteiger partial charge < -0.3 is 0 Å². The Kier molecular flexibility index (Phi) is 3.95. The van der Waals surface area contributed by atoms with Gasteiger partial charge in [0.1, 0.15) is 5.82 Å². The van der Waals surface area contributed by atoms with E-state index in [-0.39, 0.29) is 5.41 Å². The molecule has 0 aliphatic carbocycles. The molecule has 0 spiro atoms. The quantitative estimate of drug-likeness (QED) is 0.761. The lowest BCUT2D eigenvalue weighted by Crippen LogP contribution is -2.22. The summed E-state index contributed by atoms with van der Waals surface area (Å²) in [7, 11) is 0. The highest BCUT2D eigenvalue weighted by atomic mass is 14.9. The standard InChI is InChI=1S/C15H26N2/c1-9(2)13-12(15(6,7)8)14(10(3)4)17-11(5)16-13/h9-10H,1-8H3. The topological polar surface area (TPSA) is 25.8 Å². The van der Waals surface area contributed by atoms with Gasteiger partial charge in [-0.1, -0.05) is 48.5 Å². The second-order valence-corrected chi connectivity index (χ2v) is 6.48. The summed E-state index contributed by atoms with van der Waals surface area (Å²) in [5, 5.41) is 0. The third-order valence-electron chi connectivity index (χ3n) is 2.92. The Morgan fingerprint density at radius 2 is 1.18 bits per heavy atom.